The lowest BCUT2D eigenvalue weighted by Crippen LogP contribution is -2.49. The molecule has 3 rings (SSSR count). The van der Waals surface area contributed by atoms with Crippen molar-refractivity contribution in [1.82, 2.24) is 9.80 Å². The zero-order valence-electron chi connectivity index (χ0n) is 14.5. The molecular formula is C19H22N2O3S2. The molecule has 2 aliphatic rings. The lowest BCUT2D eigenvalue weighted by Gasteiger charge is -2.36. The van der Waals surface area contributed by atoms with Gasteiger partial charge in [-0.1, -0.05) is 54.3 Å². The summed E-state index contributed by atoms with van der Waals surface area (Å²) in [5.41, 5.74) is 0.929. The average molecular weight is 391 g/mol. The maximum absolute atomic E-state index is 12.8. The van der Waals surface area contributed by atoms with Gasteiger partial charge in [-0.05, 0) is 37.3 Å². The molecule has 2 aliphatic heterocycles. The fourth-order valence-corrected chi connectivity index (χ4v) is 4.60. The highest BCUT2D eigenvalue weighted by Crippen LogP contribution is 2.32. The zero-order chi connectivity index (χ0) is 18.5. The maximum atomic E-state index is 12.8. The highest BCUT2D eigenvalue weighted by atomic mass is 32.2. The molecule has 1 N–H and O–H groups in total. The van der Waals surface area contributed by atoms with Crippen LogP contribution in [0.5, 0.6) is 0 Å². The number of rotatable bonds is 5. The second-order valence-corrected chi connectivity index (χ2v) is 8.10. The topological polar surface area (TPSA) is 60.9 Å². The molecule has 0 bridgehead atoms. The van der Waals surface area contributed by atoms with E-state index in [1.54, 1.807) is 11.0 Å². The van der Waals surface area contributed by atoms with E-state index in [-0.39, 0.29) is 31.0 Å². The van der Waals surface area contributed by atoms with Gasteiger partial charge in [0.15, 0.2) is 0 Å². The molecule has 0 spiro atoms. The first-order chi connectivity index (χ1) is 12.6. The fraction of sp³-hybridized carbons (Fsp3) is 0.421. The smallest absolute Gasteiger partial charge is 0.266 e. The highest BCUT2D eigenvalue weighted by molar-refractivity contribution is 8.26. The first-order valence-electron chi connectivity index (χ1n) is 8.81. The van der Waals surface area contributed by atoms with Crippen molar-refractivity contribution in [1.29, 1.82) is 0 Å². The minimum absolute atomic E-state index is 0.0290. The van der Waals surface area contributed by atoms with Gasteiger partial charge in [0.1, 0.15) is 10.9 Å². The molecule has 0 radical (unpaired) electrons. The summed E-state index contributed by atoms with van der Waals surface area (Å²) in [5, 5.41) is 9.23. The normalized spacial score (nSPS) is 22.3. The lowest BCUT2D eigenvalue weighted by molar-refractivity contribution is -0.138. The van der Waals surface area contributed by atoms with E-state index in [0.29, 0.717) is 22.2 Å². The Morgan fingerprint density at radius 1 is 1.31 bits per heavy atom. The van der Waals surface area contributed by atoms with E-state index >= 15 is 0 Å². The van der Waals surface area contributed by atoms with Gasteiger partial charge in [0.05, 0.1) is 4.91 Å². The number of aliphatic hydroxyl groups is 1. The summed E-state index contributed by atoms with van der Waals surface area (Å²) in [6.07, 6.45) is 5.31. The molecule has 0 aromatic heterocycles. The lowest BCUT2D eigenvalue weighted by atomic mass is 9.99. The summed E-state index contributed by atoms with van der Waals surface area (Å²) >= 11 is 6.56. The molecule has 0 saturated carbocycles. The Bertz CT molecular complexity index is 719. The van der Waals surface area contributed by atoms with Gasteiger partial charge in [0.2, 0.25) is 5.91 Å². The van der Waals surface area contributed by atoms with Crippen LogP contribution in [0.2, 0.25) is 0 Å². The molecule has 26 heavy (non-hydrogen) atoms. The van der Waals surface area contributed by atoms with E-state index in [1.807, 2.05) is 30.3 Å². The van der Waals surface area contributed by atoms with Crippen molar-refractivity contribution >= 4 is 46.2 Å². The van der Waals surface area contributed by atoms with Crippen LogP contribution in [0.15, 0.2) is 35.2 Å². The quantitative estimate of drug-likeness (QED) is 0.619. The molecular weight excluding hydrogens is 368 g/mol. The molecule has 2 fully saturated rings. The molecule has 2 saturated heterocycles. The number of aliphatic hydroxyl groups excluding tert-OH is 1. The van der Waals surface area contributed by atoms with Crippen molar-refractivity contribution in [3.63, 3.8) is 0 Å². The van der Waals surface area contributed by atoms with Crippen LogP contribution in [0.25, 0.3) is 6.08 Å². The molecule has 7 heteroatoms. The molecule has 1 atom stereocenters. The second kappa shape index (κ2) is 8.79. The molecule has 1 aromatic rings. The maximum Gasteiger partial charge on any atom is 0.266 e. The van der Waals surface area contributed by atoms with Gasteiger partial charge >= 0.3 is 0 Å². The van der Waals surface area contributed by atoms with Crippen LogP contribution < -0.4 is 0 Å². The number of carbonyl (C=O) groups is 2. The van der Waals surface area contributed by atoms with Gasteiger partial charge in [-0.15, -0.1) is 0 Å². The number of amides is 2. The molecule has 1 aromatic carbocycles. The number of hydrogen-bond donors (Lipinski definition) is 1. The van der Waals surface area contributed by atoms with Crippen molar-refractivity contribution in [3.05, 3.63) is 40.8 Å². The van der Waals surface area contributed by atoms with E-state index in [1.165, 1.54) is 16.7 Å². The number of benzene rings is 1. The summed E-state index contributed by atoms with van der Waals surface area (Å²) < 4.78 is 0.418. The summed E-state index contributed by atoms with van der Waals surface area (Å²) in [6.45, 7) is 0.714. The third-order valence-electron chi connectivity index (χ3n) is 4.67. The fourth-order valence-electron chi connectivity index (χ4n) is 3.34. The van der Waals surface area contributed by atoms with Gasteiger partial charge in [-0.3, -0.25) is 14.5 Å². The van der Waals surface area contributed by atoms with Gasteiger partial charge < -0.3 is 10.0 Å². The minimum Gasteiger partial charge on any atom is -0.396 e. The summed E-state index contributed by atoms with van der Waals surface area (Å²) in [6, 6.07) is 9.64. The summed E-state index contributed by atoms with van der Waals surface area (Å²) in [4.78, 5) is 29.2. The Labute approximate surface area is 163 Å². The zero-order valence-corrected chi connectivity index (χ0v) is 16.1. The van der Waals surface area contributed by atoms with Crippen LogP contribution in [-0.2, 0) is 9.59 Å². The van der Waals surface area contributed by atoms with Crippen molar-refractivity contribution in [2.24, 2.45) is 0 Å². The molecule has 2 amide bonds. The number of piperidine rings is 1. The average Bonchev–Trinajstić information content (AvgIpc) is 2.90. The van der Waals surface area contributed by atoms with Crippen molar-refractivity contribution in [3.8, 4) is 0 Å². The number of thiocarbonyl (C=S) groups is 1. The Morgan fingerprint density at radius 2 is 2.08 bits per heavy atom. The van der Waals surface area contributed by atoms with Crippen LogP contribution >= 0.6 is 24.0 Å². The van der Waals surface area contributed by atoms with Crippen LogP contribution in [0.1, 0.15) is 31.2 Å². The van der Waals surface area contributed by atoms with Gasteiger partial charge in [0, 0.05) is 19.2 Å². The number of hydrogen-bond acceptors (Lipinski definition) is 5. The molecule has 0 aliphatic carbocycles. The summed E-state index contributed by atoms with van der Waals surface area (Å²) in [7, 11) is 0. The minimum atomic E-state index is -0.215. The highest BCUT2D eigenvalue weighted by Gasteiger charge is 2.35. The van der Waals surface area contributed by atoms with Crippen LogP contribution in [-0.4, -0.2) is 56.8 Å². The molecule has 138 valence electrons. The molecule has 5 nitrogen and oxygen atoms in total. The first kappa shape index (κ1) is 19.1. The third-order valence-corrected chi connectivity index (χ3v) is 6.05. The monoisotopic (exact) mass is 390 g/mol. The van der Waals surface area contributed by atoms with E-state index in [4.69, 9.17) is 12.2 Å². The molecule has 2 heterocycles. The van der Waals surface area contributed by atoms with Crippen LogP contribution in [0.4, 0.5) is 0 Å². The number of carbonyl (C=O) groups excluding carboxylic acids is 2. The van der Waals surface area contributed by atoms with Crippen molar-refractivity contribution in [2.75, 3.05) is 19.7 Å². The Hall–Kier alpha value is -1.70. The van der Waals surface area contributed by atoms with Gasteiger partial charge in [-0.25, -0.2) is 0 Å². The number of thioether (sulfide) groups is 1. The Balaban J connectivity index is 1.69. The predicted octanol–water partition coefficient (Wildman–Crippen LogP) is 2.65. The van der Waals surface area contributed by atoms with E-state index < -0.39 is 0 Å². The molecule has 0 unspecified atom stereocenters. The largest absolute Gasteiger partial charge is 0.396 e. The first-order valence-corrected chi connectivity index (χ1v) is 10.0. The Morgan fingerprint density at radius 3 is 2.81 bits per heavy atom. The van der Waals surface area contributed by atoms with E-state index in [0.717, 1.165) is 24.8 Å². The van der Waals surface area contributed by atoms with Crippen LogP contribution in [0, 0.1) is 0 Å². The second-order valence-electron chi connectivity index (χ2n) is 6.43. The van der Waals surface area contributed by atoms with Crippen LogP contribution in [0.3, 0.4) is 0 Å². The van der Waals surface area contributed by atoms with Gasteiger partial charge in [-0.2, -0.15) is 0 Å². The Kier molecular flexibility index (Phi) is 6.45. The SMILES string of the molecule is O=C1/C(=C\c2ccccc2)SC(=S)N1CC(=O)N1CCCC[C@@H]1CCO. The number of nitrogens with zero attached hydrogens (tertiary/aromatic N) is 2. The van der Waals surface area contributed by atoms with E-state index in [2.05, 4.69) is 0 Å². The summed E-state index contributed by atoms with van der Waals surface area (Å²) in [5.74, 6) is -0.312. The van der Waals surface area contributed by atoms with Gasteiger partial charge in [0.25, 0.3) is 5.91 Å². The number of likely N-dealkylation sites (tertiary alicyclic amines) is 1. The van der Waals surface area contributed by atoms with E-state index in [9.17, 15) is 14.7 Å². The third kappa shape index (κ3) is 4.34. The van der Waals surface area contributed by atoms with Crippen molar-refractivity contribution < 1.29 is 14.7 Å². The standard InChI is InChI=1S/C19H22N2O3S2/c22-11-9-15-8-4-5-10-20(15)17(23)13-21-18(24)16(26-19(21)25)12-14-6-2-1-3-7-14/h1-3,6-7,12,15,22H,4-5,8-11,13H2/b16-12+/t15-/m1/s1. The predicted molar refractivity (Wildman–Crippen MR) is 107 cm³/mol. The van der Waals surface area contributed by atoms with Crippen molar-refractivity contribution in [2.45, 2.75) is 31.7 Å².